The highest BCUT2D eigenvalue weighted by Crippen LogP contribution is 2.39. The lowest BCUT2D eigenvalue weighted by atomic mass is 9.95. The van der Waals surface area contributed by atoms with Crippen molar-refractivity contribution in [3.63, 3.8) is 0 Å². The summed E-state index contributed by atoms with van der Waals surface area (Å²) in [6.07, 6.45) is 0. The van der Waals surface area contributed by atoms with Crippen molar-refractivity contribution in [3.8, 4) is 0 Å². The minimum Gasteiger partial charge on any atom is -0.456 e. The zero-order valence-electron chi connectivity index (χ0n) is 19.8. The van der Waals surface area contributed by atoms with Crippen LogP contribution in [0.3, 0.4) is 0 Å². The molecule has 0 saturated carbocycles. The van der Waals surface area contributed by atoms with Crippen molar-refractivity contribution in [3.05, 3.63) is 59.7 Å². The Hall–Kier alpha value is -3.28. The monoisotopic (exact) mass is 432 g/mol. The van der Waals surface area contributed by atoms with Crippen molar-refractivity contribution < 1.29 is 9.53 Å². The highest BCUT2D eigenvalue weighted by atomic mass is 16.6. The molecule has 0 saturated heterocycles. The highest BCUT2D eigenvalue weighted by Gasteiger charge is 2.35. The number of anilines is 2. The van der Waals surface area contributed by atoms with Gasteiger partial charge in [-0.1, -0.05) is 24.3 Å². The smallest absolute Gasteiger partial charge is 0.338 e. The number of para-hydroxylation sites is 2. The second-order valence-electron chi connectivity index (χ2n) is 9.10. The Bertz CT molecular complexity index is 1160. The van der Waals surface area contributed by atoms with Crippen molar-refractivity contribution in [1.82, 2.24) is 9.55 Å². The molecular formula is C26H32N4O2. The lowest BCUT2D eigenvalue weighted by Crippen LogP contribution is -2.32. The van der Waals surface area contributed by atoms with Gasteiger partial charge in [-0.3, -0.25) is 4.57 Å². The topological polar surface area (TPSA) is 59.4 Å². The first-order chi connectivity index (χ1) is 15.2. The number of imidazole rings is 1. The Labute approximate surface area is 189 Å². The van der Waals surface area contributed by atoms with Crippen LogP contribution in [0, 0.1) is 0 Å². The van der Waals surface area contributed by atoms with Crippen LogP contribution in [0.15, 0.2) is 54.1 Å². The fourth-order valence-corrected chi connectivity index (χ4v) is 4.31. The van der Waals surface area contributed by atoms with Crippen molar-refractivity contribution >= 4 is 34.3 Å². The number of hydrogen-bond donors (Lipinski definition) is 1. The Morgan fingerprint density at radius 3 is 2.38 bits per heavy atom. The van der Waals surface area contributed by atoms with E-state index in [0.717, 1.165) is 41.3 Å². The van der Waals surface area contributed by atoms with Gasteiger partial charge < -0.3 is 15.0 Å². The van der Waals surface area contributed by atoms with Gasteiger partial charge in [-0.15, -0.1) is 0 Å². The van der Waals surface area contributed by atoms with Crippen LogP contribution in [0.1, 0.15) is 53.1 Å². The molecule has 4 rings (SSSR count). The normalized spacial score (nSPS) is 16.0. The third-order valence-electron chi connectivity index (χ3n) is 5.82. The van der Waals surface area contributed by atoms with Gasteiger partial charge in [0.25, 0.3) is 0 Å². The molecule has 168 valence electrons. The molecule has 1 aliphatic heterocycles. The minimum atomic E-state index is -0.585. The lowest BCUT2D eigenvalue weighted by Gasteiger charge is -2.31. The van der Waals surface area contributed by atoms with Crippen LogP contribution in [0.4, 0.5) is 11.6 Å². The fourth-order valence-electron chi connectivity index (χ4n) is 4.31. The van der Waals surface area contributed by atoms with E-state index in [4.69, 9.17) is 9.72 Å². The van der Waals surface area contributed by atoms with Crippen LogP contribution < -0.4 is 10.2 Å². The number of benzene rings is 2. The number of hydrogen-bond acceptors (Lipinski definition) is 5. The first-order valence-corrected chi connectivity index (χ1v) is 11.3. The number of allylic oxidation sites excluding steroid dienone is 1. The summed E-state index contributed by atoms with van der Waals surface area (Å²) < 4.78 is 7.83. The summed E-state index contributed by atoms with van der Waals surface area (Å²) in [7, 11) is 0. The molecule has 1 atom stereocenters. The van der Waals surface area contributed by atoms with Gasteiger partial charge in [0.1, 0.15) is 5.60 Å². The van der Waals surface area contributed by atoms with E-state index >= 15 is 0 Å². The average molecular weight is 433 g/mol. The molecule has 1 aliphatic rings. The molecule has 0 amide bonds. The molecule has 0 fully saturated rings. The predicted octanol–water partition coefficient (Wildman–Crippen LogP) is 5.62. The molecule has 3 aromatic rings. The molecule has 1 N–H and O–H groups in total. The fraction of sp³-hybridized carbons (Fsp3) is 0.385. The summed E-state index contributed by atoms with van der Waals surface area (Å²) in [5.41, 5.74) is 4.87. The molecule has 1 unspecified atom stereocenters. The van der Waals surface area contributed by atoms with Crippen LogP contribution in [0.2, 0.25) is 0 Å². The molecular weight excluding hydrogens is 400 g/mol. The number of carbonyl (C=O) groups is 1. The van der Waals surface area contributed by atoms with Gasteiger partial charge in [0.2, 0.25) is 5.95 Å². The quantitative estimate of drug-likeness (QED) is 0.530. The van der Waals surface area contributed by atoms with Crippen LogP contribution in [0.25, 0.3) is 16.7 Å². The van der Waals surface area contributed by atoms with E-state index in [0.29, 0.717) is 5.57 Å². The summed E-state index contributed by atoms with van der Waals surface area (Å²) in [5, 5.41) is 3.51. The van der Waals surface area contributed by atoms with Gasteiger partial charge in [-0.05, 0) is 71.4 Å². The zero-order chi connectivity index (χ0) is 23.0. The third kappa shape index (κ3) is 3.97. The van der Waals surface area contributed by atoms with E-state index in [2.05, 4.69) is 48.3 Å². The molecule has 1 aromatic heterocycles. The van der Waals surface area contributed by atoms with Crippen LogP contribution >= 0.6 is 0 Å². The van der Waals surface area contributed by atoms with E-state index in [9.17, 15) is 4.79 Å². The van der Waals surface area contributed by atoms with Crippen molar-refractivity contribution in [2.24, 2.45) is 0 Å². The summed E-state index contributed by atoms with van der Waals surface area (Å²) in [6.45, 7) is 13.8. The zero-order valence-corrected chi connectivity index (χ0v) is 19.8. The second kappa shape index (κ2) is 8.34. The van der Waals surface area contributed by atoms with E-state index in [1.165, 1.54) is 5.69 Å². The van der Waals surface area contributed by atoms with Gasteiger partial charge >= 0.3 is 5.97 Å². The maximum Gasteiger partial charge on any atom is 0.338 e. The molecule has 6 heteroatoms. The van der Waals surface area contributed by atoms with E-state index < -0.39 is 5.60 Å². The summed E-state index contributed by atoms with van der Waals surface area (Å²) in [5.74, 6) is 0.414. The van der Waals surface area contributed by atoms with Crippen LogP contribution in [0.5, 0.6) is 0 Å². The highest BCUT2D eigenvalue weighted by molar-refractivity contribution is 6.00. The Morgan fingerprint density at radius 1 is 1.09 bits per heavy atom. The summed E-state index contributed by atoms with van der Waals surface area (Å²) >= 11 is 0. The first-order valence-electron chi connectivity index (χ1n) is 11.3. The van der Waals surface area contributed by atoms with Crippen LogP contribution in [-0.4, -0.2) is 34.2 Å². The SMILES string of the molecule is CCN(CC)c1ccc(C2Nc3nc4ccccc4n3C(C)=C2C(=O)OC(C)(C)C)cc1. The molecule has 0 spiro atoms. The largest absolute Gasteiger partial charge is 0.456 e. The van der Waals surface area contributed by atoms with E-state index in [1.54, 1.807) is 0 Å². The average Bonchev–Trinajstić information content (AvgIpc) is 3.12. The standard InChI is InChI=1S/C26H32N4O2/c1-7-29(8-2)19-15-13-18(14-16-19)23-22(24(31)32-26(4,5)6)17(3)30-21-12-10-9-11-20(21)27-25(30)28-23/h9-16,23H,7-8H2,1-6H3,(H,27,28). The number of aromatic nitrogens is 2. The number of nitrogens with zero attached hydrogens (tertiary/aromatic N) is 3. The third-order valence-corrected chi connectivity index (χ3v) is 5.82. The molecule has 32 heavy (non-hydrogen) atoms. The molecule has 0 bridgehead atoms. The Morgan fingerprint density at radius 2 is 1.75 bits per heavy atom. The minimum absolute atomic E-state index is 0.316. The molecule has 6 nitrogen and oxygen atoms in total. The van der Waals surface area contributed by atoms with Crippen molar-refractivity contribution in [1.29, 1.82) is 0 Å². The molecule has 0 aliphatic carbocycles. The summed E-state index contributed by atoms with van der Waals surface area (Å²) in [6, 6.07) is 16.0. The lowest BCUT2D eigenvalue weighted by molar-refractivity contribution is -0.150. The number of esters is 1. The van der Waals surface area contributed by atoms with Gasteiger partial charge in [-0.25, -0.2) is 9.78 Å². The van der Waals surface area contributed by atoms with E-state index in [-0.39, 0.29) is 12.0 Å². The molecule has 2 aromatic carbocycles. The Kier molecular flexibility index (Phi) is 5.71. The number of carbonyl (C=O) groups excluding carboxylic acids is 1. The van der Waals surface area contributed by atoms with Crippen LogP contribution in [-0.2, 0) is 9.53 Å². The molecule has 2 heterocycles. The Balaban J connectivity index is 1.83. The van der Waals surface area contributed by atoms with Gasteiger partial charge in [0.05, 0.1) is 22.6 Å². The predicted molar refractivity (Wildman–Crippen MR) is 131 cm³/mol. The van der Waals surface area contributed by atoms with E-state index in [1.807, 2.05) is 56.5 Å². The van der Waals surface area contributed by atoms with Gasteiger partial charge in [0.15, 0.2) is 0 Å². The number of fused-ring (bicyclic) bond motifs is 3. The van der Waals surface area contributed by atoms with Gasteiger partial charge in [0, 0.05) is 24.5 Å². The maximum atomic E-state index is 13.4. The maximum absolute atomic E-state index is 13.4. The van der Waals surface area contributed by atoms with Gasteiger partial charge in [-0.2, -0.15) is 0 Å². The number of nitrogens with one attached hydrogen (secondary N) is 1. The number of rotatable bonds is 5. The second-order valence-corrected chi connectivity index (χ2v) is 9.10. The van der Waals surface area contributed by atoms with Crippen molar-refractivity contribution in [2.45, 2.75) is 53.2 Å². The number of ether oxygens (including phenoxy) is 1. The first kappa shape index (κ1) is 21.9. The summed E-state index contributed by atoms with van der Waals surface area (Å²) in [4.78, 5) is 20.5. The van der Waals surface area contributed by atoms with Crippen molar-refractivity contribution in [2.75, 3.05) is 23.3 Å². The molecule has 0 radical (unpaired) electrons.